The van der Waals surface area contributed by atoms with Gasteiger partial charge in [0.2, 0.25) is 5.91 Å². The summed E-state index contributed by atoms with van der Waals surface area (Å²) in [5, 5.41) is 5.51. The summed E-state index contributed by atoms with van der Waals surface area (Å²) in [6, 6.07) is 14.6. The fourth-order valence-corrected chi connectivity index (χ4v) is 2.44. The molecule has 1 unspecified atom stereocenters. The first kappa shape index (κ1) is 16.5. The van der Waals surface area contributed by atoms with Gasteiger partial charge in [0, 0.05) is 12.1 Å². The van der Waals surface area contributed by atoms with Gasteiger partial charge in [-0.3, -0.25) is 9.69 Å². The van der Waals surface area contributed by atoms with Gasteiger partial charge in [-0.2, -0.15) is 0 Å². The zero-order chi connectivity index (χ0) is 16.3. The molecule has 0 bridgehead atoms. The van der Waals surface area contributed by atoms with E-state index in [1.165, 1.54) is 16.3 Å². The van der Waals surface area contributed by atoms with Crippen LogP contribution in [0.4, 0.5) is 0 Å². The van der Waals surface area contributed by atoms with Gasteiger partial charge in [-0.1, -0.05) is 36.4 Å². The third-order valence-electron chi connectivity index (χ3n) is 3.78. The molecule has 0 aromatic heterocycles. The fraction of sp³-hybridized carbons (Fsp3) is 0.421. The van der Waals surface area contributed by atoms with Crippen LogP contribution >= 0.6 is 0 Å². The molecule has 2 aromatic carbocycles. The van der Waals surface area contributed by atoms with Gasteiger partial charge in [-0.05, 0) is 57.1 Å². The molecule has 0 heterocycles. The summed E-state index contributed by atoms with van der Waals surface area (Å²) in [5.74, 6) is 0.0655. The Bertz CT molecular complexity index is 658. The molecule has 118 valence electrons. The minimum Gasteiger partial charge on any atom is -0.350 e. The predicted molar refractivity (Wildman–Crippen MR) is 92.8 cm³/mol. The largest absolute Gasteiger partial charge is 0.350 e. The van der Waals surface area contributed by atoms with E-state index >= 15 is 0 Å². The molecule has 3 heteroatoms. The lowest BCUT2D eigenvalue weighted by atomic mass is 10.1. The third-order valence-corrected chi connectivity index (χ3v) is 3.78. The molecular weight excluding hydrogens is 272 g/mol. The van der Waals surface area contributed by atoms with Crippen LogP contribution in [0.1, 0.15) is 33.3 Å². The van der Waals surface area contributed by atoms with E-state index in [0.717, 1.165) is 6.54 Å². The first-order valence-electron chi connectivity index (χ1n) is 7.76. The van der Waals surface area contributed by atoms with E-state index in [4.69, 9.17) is 0 Å². The maximum atomic E-state index is 12.2. The van der Waals surface area contributed by atoms with Crippen LogP contribution in [0.3, 0.4) is 0 Å². The molecule has 0 radical (unpaired) electrons. The van der Waals surface area contributed by atoms with Crippen molar-refractivity contribution < 1.29 is 4.79 Å². The second-order valence-electron chi connectivity index (χ2n) is 7.01. The summed E-state index contributed by atoms with van der Waals surface area (Å²) >= 11 is 0. The van der Waals surface area contributed by atoms with Crippen molar-refractivity contribution in [3.05, 3.63) is 48.0 Å². The average molecular weight is 298 g/mol. The number of amides is 1. The maximum Gasteiger partial charge on any atom is 0.237 e. The van der Waals surface area contributed by atoms with Crippen molar-refractivity contribution in [1.82, 2.24) is 10.2 Å². The Labute approximate surface area is 133 Å². The SMILES string of the molecule is CC(C(=O)NC(C)(C)C)N(C)Cc1ccc2ccccc2c1. The lowest BCUT2D eigenvalue weighted by Crippen LogP contribution is -2.49. The van der Waals surface area contributed by atoms with Gasteiger partial charge >= 0.3 is 0 Å². The van der Waals surface area contributed by atoms with Crippen LogP contribution in [0, 0.1) is 0 Å². The standard InChI is InChI=1S/C19H26N2O/c1-14(18(22)20-19(2,3)4)21(5)13-15-10-11-16-8-6-7-9-17(16)12-15/h6-12,14H,13H2,1-5H3,(H,20,22). The Morgan fingerprint density at radius 1 is 1.14 bits per heavy atom. The van der Waals surface area contributed by atoms with E-state index in [9.17, 15) is 4.79 Å². The average Bonchev–Trinajstić information content (AvgIpc) is 2.44. The summed E-state index contributed by atoms with van der Waals surface area (Å²) in [6.07, 6.45) is 0. The number of likely N-dealkylation sites (N-methyl/N-ethyl adjacent to an activating group) is 1. The van der Waals surface area contributed by atoms with E-state index in [0.29, 0.717) is 0 Å². The van der Waals surface area contributed by atoms with Crippen molar-refractivity contribution in [1.29, 1.82) is 0 Å². The van der Waals surface area contributed by atoms with Crippen molar-refractivity contribution >= 4 is 16.7 Å². The Balaban J connectivity index is 2.06. The normalized spacial score (nSPS) is 13.4. The van der Waals surface area contributed by atoms with Gasteiger partial charge in [0.15, 0.2) is 0 Å². The van der Waals surface area contributed by atoms with E-state index in [2.05, 4.69) is 46.6 Å². The fourth-order valence-electron chi connectivity index (χ4n) is 2.44. The monoisotopic (exact) mass is 298 g/mol. The number of carbonyl (C=O) groups excluding carboxylic acids is 1. The Hall–Kier alpha value is -1.87. The van der Waals surface area contributed by atoms with Crippen molar-refractivity contribution in [2.75, 3.05) is 7.05 Å². The molecule has 0 spiro atoms. The molecule has 3 nitrogen and oxygen atoms in total. The van der Waals surface area contributed by atoms with E-state index in [1.54, 1.807) is 0 Å². The van der Waals surface area contributed by atoms with Crippen molar-refractivity contribution in [3.63, 3.8) is 0 Å². The van der Waals surface area contributed by atoms with Crippen molar-refractivity contribution in [2.45, 2.75) is 45.8 Å². The molecular formula is C19H26N2O. The number of rotatable bonds is 4. The maximum absolute atomic E-state index is 12.2. The lowest BCUT2D eigenvalue weighted by molar-refractivity contribution is -0.127. The molecule has 2 rings (SSSR count). The molecule has 22 heavy (non-hydrogen) atoms. The summed E-state index contributed by atoms with van der Waals surface area (Å²) in [7, 11) is 1.99. The first-order chi connectivity index (χ1) is 10.3. The van der Waals surface area contributed by atoms with Gasteiger partial charge < -0.3 is 5.32 Å². The molecule has 1 amide bonds. The molecule has 0 aliphatic carbocycles. The highest BCUT2D eigenvalue weighted by Crippen LogP contribution is 2.17. The van der Waals surface area contributed by atoms with Gasteiger partial charge in [-0.15, -0.1) is 0 Å². The highest BCUT2D eigenvalue weighted by molar-refractivity contribution is 5.83. The lowest BCUT2D eigenvalue weighted by Gasteiger charge is -2.28. The number of hydrogen-bond donors (Lipinski definition) is 1. The Kier molecular flexibility index (Phi) is 4.87. The van der Waals surface area contributed by atoms with Crippen LogP contribution in [-0.4, -0.2) is 29.4 Å². The third kappa shape index (κ3) is 4.31. The Morgan fingerprint density at radius 3 is 2.41 bits per heavy atom. The first-order valence-corrected chi connectivity index (χ1v) is 7.76. The number of nitrogens with zero attached hydrogens (tertiary/aromatic N) is 1. The summed E-state index contributed by atoms with van der Waals surface area (Å²) < 4.78 is 0. The topological polar surface area (TPSA) is 32.3 Å². The Morgan fingerprint density at radius 2 is 1.77 bits per heavy atom. The highest BCUT2D eigenvalue weighted by atomic mass is 16.2. The smallest absolute Gasteiger partial charge is 0.237 e. The van der Waals surface area contributed by atoms with Gasteiger partial charge in [0.25, 0.3) is 0 Å². The van der Waals surface area contributed by atoms with E-state index < -0.39 is 0 Å². The molecule has 0 fully saturated rings. The number of carbonyl (C=O) groups is 1. The van der Waals surface area contributed by atoms with Gasteiger partial charge in [-0.25, -0.2) is 0 Å². The van der Waals surface area contributed by atoms with Gasteiger partial charge in [0.05, 0.1) is 6.04 Å². The quantitative estimate of drug-likeness (QED) is 0.936. The molecule has 1 N–H and O–H groups in total. The zero-order valence-electron chi connectivity index (χ0n) is 14.2. The van der Waals surface area contributed by atoms with E-state index in [1.807, 2.05) is 40.8 Å². The van der Waals surface area contributed by atoms with Crippen LogP contribution in [-0.2, 0) is 11.3 Å². The summed E-state index contributed by atoms with van der Waals surface area (Å²) in [4.78, 5) is 14.3. The van der Waals surface area contributed by atoms with Crippen LogP contribution < -0.4 is 5.32 Å². The molecule has 0 saturated heterocycles. The summed E-state index contributed by atoms with van der Waals surface area (Å²) in [5.41, 5.74) is 1.02. The van der Waals surface area contributed by atoms with Crippen LogP contribution in [0.2, 0.25) is 0 Å². The van der Waals surface area contributed by atoms with Crippen LogP contribution in [0.15, 0.2) is 42.5 Å². The number of fused-ring (bicyclic) bond motifs is 1. The van der Waals surface area contributed by atoms with E-state index in [-0.39, 0.29) is 17.5 Å². The molecule has 2 aromatic rings. The predicted octanol–water partition coefficient (Wildman–Crippen LogP) is 3.57. The second-order valence-corrected chi connectivity index (χ2v) is 7.01. The second kappa shape index (κ2) is 6.49. The van der Waals surface area contributed by atoms with Crippen LogP contribution in [0.5, 0.6) is 0 Å². The van der Waals surface area contributed by atoms with Crippen LogP contribution in [0.25, 0.3) is 10.8 Å². The van der Waals surface area contributed by atoms with Gasteiger partial charge in [0.1, 0.15) is 0 Å². The summed E-state index contributed by atoms with van der Waals surface area (Å²) in [6.45, 7) is 8.70. The zero-order valence-corrected chi connectivity index (χ0v) is 14.2. The molecule has 0 aliphatic heterocycles. The molecule has 1 atom stereocenters. The molecule has 0 aliphatic rings. The minimum atomic E-state index is -0.199. The number of nitrogens with one attached hydrogen (secondary N) is 1. The molecule has 0 saturated carbocycles. The minimum absolute atomic E-state index is 0.0655. The van der Waals surface area contributed by atoms with Crippen molar-refractivity contribution in [2.24, 2.45) is 0 Å². The van der Waals surface area contributed by atoms with Crippen molar-refractivity contribution in [3.8, 4) is 0 Å². The number of benzene rings is 2. The highest BCUT2D eigenvalue weighted by Gasteiger charge is 2.22. The number of hydrogen-bond acceptors (Lipinski definition) is 2.